The molecule has 0 saturated carbocycles. The van der Waals surface area contributed by atoms with E-state index in [-0.39, 0.29) is 0 Å². The number of likely N-dealkylation sites (N-methyl/N-ethyl adjacent to an activating group) is 1. The molecule has 5 rings (SSSR count). The number of aromatic amines is 1. The van der Waals surface area contributed by atoms with E-state index in [1.165, 1.54) is 5.52 Å². The SMILES string of the molecule is CN(C)CCn1ccc2cc(Nc3nc(Oc4cccc(N)c4)c4cc[nH]c4n3)ccc21. The average molecular weight is 428 g/mol. The van der Waals surface area contributed by atoms with Gasteiger partial charge in [0.25, 0.3) is 0 Å². The Kier molecular flexibility index (Phi) is 5.12. The van der Waals surface area contributed by atoms with E-state index in [2.05, 4.69) is 68.2 Å². The van der Waals surface area contributed by atoms with Crippen LogP contribution in [0.4, 0.5) is 17.3 Å². The predicted octanol–water partition coefficient (Wildman–Crippen LogP) is 4.59. The summed E-state index contributed by atoms with van der Waals surface area (Å²) in [6.45, 7) is 1.93. The fourth-order valence-corrected chi connectivity index (χ4v) is 3.65. The van der Waals surface area contributed by atoms with Crippen LogP contribution in [0, 0.1) is 0 Å². The predicted molar refractivity (Wildman–Crippen MR) is 129 cm³/mol. The Balaban J connectivity index is 1.43. The lowest BCUT2D eigenvalue weighted by Gasteiger charge is -2.12. The van der Waals surface area contributed by atoms with Crippen LogP contribution in [0.1, 0.15) is 0 Å². The molecule has 0 fully saturated rings. The van der Waals surface area contributed by atoms with Crippen molar-refractivity contribution in [2.75, 3.05) is 31.7 Å². The van der Waals surface area contributed by atoms with Gasteiger partial charge in [0.2, 0.25) is 11.8 Å². The molecule has 0 spiro atoms. The first-order valence-electron chi connectivity index (χ1n) is 10.4. The molecule has 3 heterocycles. The molecule has 5 aromatic rings. The number of hydrogen-bond donors (Lipinski definition) is 3. The Morgan fingerprint density at radius 1 is 1.09 bits per heavy atom. The van der Waals surface area contributed by atoms with E-state index in [1.807, 2.05) is 36.5 Å². The summed E-state index contributed by atoms with van der Waals surface area (Å²) < 4.78 is 8.29. The molecular weight excluding hydrogens is 402 g/mol. The topological polar surface area (TPSA) is 97.0 Å². The van der Waals surface area contributed by atoms with E-state index in [0.29, 0.717) is 28.9 Å². The highest BCUT2D eigenvalue weighted by Gasteiger charge is 2.12. The molecule has 0 aliphatic rings. The summed E-state index contributed by atoms with van der Waals surface area (Å²) in [5, 5.41) is 5.27. The lowest BCUT2D eigenvalue weighted by atomic mass is 10.2. The Morgan fingerprint density at radius 2 is 2.00 bits per heavy atom. The molecule has 0 bridgehead atoms. The summed E-state index contributed by atoms with van der Waals surface area (Å²) in [6, 6.07) is 17.5. The Hall–Kier alpha value is -4.04. The van der Waals surface area contributed by atoms with Gasteiger partial charge in [-0.05, 0) is 56.6 Å². The summed E-state index contributed by atoms with van der Waals surface area (Å²) in [5.41, 5.74) is 9.31. The number of nitrogens with one attached hydrogen (secondary N) is 2. The first-order valence-corrected chi connectivity index (χ1v) is 10.4. The van der Waals surface area contributed by atoms with E-state index in [0.717, 1.165) is 29.5 Å². The molecule has 0 aliphatic heterocycles. The first kappa shape index (κ1) is 19.9. The average Bonchev–Trinajstić information content (AvgIpc) is 3.39. The van der Waals surface area contributed by atoms with Crippen LogP contribution in [0.2, 0.25) is 0 Å². The number of benzene rings is 2. The van der Waals surface area contributed by atoms with Crippen LogP contribution in [-0.2, 0) is 6.54 Å². The van der Waals surface area contributed by atoms with Gasteiger partial charge < -0.3 is 30.2 Å². The minimum Gasteiger partial charge on any atom is -0.438 e. The van der Waals surface area contributed by atoms with E-state index < -0.39 is 0 Å². The number of hydrogen-bond acceptors (Lipinski definition) is 6. The molecule has 0 saturated heterocycles. The monoisotopic (exact) mass is 427 g/mol. The highest BCUT2D eigenvalue weighted by Crippen LogP contribution is 2.30. The highest BCUT2D eigenvalue weighted by atomic mass is 16.5. The number of nitrogen functional groups attached to an aromatic ring is 1. The summed E-state index contributed by atoms with van der Waals surface area (Å²) >= 11 is 0. The number of nitrogens with two attached hydrogens (primary N) is 1. The van der Waals surface area contributed by atoms with Crippen LogP contribution < -0.4 is 15.8 Å². The van der Waals surface area contributed by atoms with Crippen molar-refractivity contribution < 1.29 is 4.74 Å². The van der Waals surface area contributed by atoms with Gasteiger partial charge in [-0.15, -0.1) is 0 Å². The van der Waals surface area contributed by atoms with Crippen molar-refractivity contribution in [1.82, 2.24) is 24.4 Å². The summed E-state index contributed by atoms with van der Waals surface area (Å²) in [6.07, 6.45) is 3.94. The van der Waals surface area contributed by atoms with Gasteiger partial charge in [0.1, 0.15) is 11.4 Å². The number of H-pyrrole nitrogens is 1. The third-order valence-corrected chi connectivity index (χ3v) is 5.27. The van der Waals surface area contributed by atoms with Crippen LogP contribution in [0.25, 0.3) is 21.9 Å². The molecule has 32 heavy (non-hydrogen) atoms. The fraction of sp³-hybridized carbons (Fsp3) is 0.167. The molecule has 2 aromatic carbocycles. The minimum absolute atomic E-state index is 0.449. The van der Waals surface area contributed by atoms with Crippen LogP contribution >= 0.6 is 0 Å². The number of anilines is 3. The van der Waals surface area contributed by atoms with Crippen molar-refractivity contribution in [1.29, 1.82) is 0 Å². The molecule has 0 amide bonds. The lowest BCUT2D eigenvalue weighted by molar-refractivity contribution is 0.387. The Bertz CT molecular complexity index is 1390. The Morgan fingerprint density at radius 3 is 2.84 bits per heavy atom. The lowest BCUT2D eigenvalue weighted by Crippen LogP contribution is -2.17. The number of ether oxygens (including phenoxy) is 1. The second-order valence-electron chi connectivity index (χ2n) is 7.98. The van der Waals surface area contributed by atoms with Crippen LogP contribution in [0.5, 0.6) is 11.6 Å². The van der Waals surface area contributed by atoms with Crippen molar-refractivity contribution in [3.05, 3.63) is 67.0 Å². The molecule has 0 atom stereocenters. The van der Waals surface area contributed by atoms with Gasteiger partial charge in [0.05, 0.1) is 5.39 Å². The van der Waals surface area contributed by atoms with Gasteiger partial charge in [0, 0.05) is 53.8 Å². The van der Waals surface area contributed by atoms with Gasteiger partial charge >= 0.3 is 0 Å². The third kappa shape index (κ3) is 4.08. The third-order valence-electron chi connectivity index (χ3n) is 5.27. The molecule has 0 aliphatic carbocycles. The zero-order chi connectivity index (χ0) is 22.1. The van der Waals surface area contributed by atoms with E-state index in [1.54, 1.807) is 6.07 Å². The van der Waals surface area contributed by atoms with Crippen LogP contribution in [0.3, 0.4) is 0 Å². The summed E-state index contributed by atoms with van der Waals surface area (Å²) in [4.78, 5) is 14.5. The molecule has 4 N–H and O–H groups in total. The molecule has 8 nitrogen and oxygen atoms in total. The highest BCUT2D eigenvalue weighted by molar-refractivity contribution is 5.86. The van der Waals surface area contributed by atoms with Crippen molar-refractivity contribution in [2.45, 2.75) is 6.54 Å². The molecule has 8 heteroatoms. The van der Waals surface area contributed by atoms with Gasteiger partial charge in [0.15, 0.2) is 0 Å². The standard InChI is InChI=1S/C24H25N7O/c1-30(2)12-13-31-11-9-16-14-18(6-7-21(16)31)27-24-28-22-20(8-10-26-22)23(29-24)32-19-5-3-4-17(25)15-19/h3-11,14-15H,12-13,25H2,1-2H3,(H2,26,27,28,29). The fourth-order valence-electron chi connectivity index (χ4n) is 3.65. The molecular formula is C24H25N7O. The van der Waals surface area contributed by atoms with Crippen molar-refractivity contribution in [2.24, 2.45) is 0 Å². The van der Waals surface area contributed by atoms with Crippen LogP contribution in [0.15, 0.2) is 67.0 Å². The van der Waals surface area contributed by atoms with Crippen molar-refractivity contribution in [3.8, 4) is 11.6 Å². The molecule has 0 radical (unpaired) electrons. The summed E-state index contributed by atoms with van der Waals surface area (Å²) in [5.74, 6) is 1.53. The first-order chi connectivity index (χ1) is 15.5. The van der Waals surface area contributed by atoms with E-state index in [4.69, 9.17) is 10.5 Å². The zero-order valence-corrected chi connectivity index (χ0v) is 18.0. The second-order valence-corrected chi connectivity index (χ2v) is 7.98. The molecule has 0 unspecified atom stereocenters. The normalized spacial score (nSPS) is 11.5. The Labute approximate surface area is 185 Å². The van der Waals surface area contributed by atoms with Crippen molar-refractivity contribution >= 4 is 39.3 Å². The van der Waals surface area contributed by atoms with E-state index in [9.17, 15) is 0 Å². The van der Waals surface area contributed by atoms with Crippen molar-refractivity contribution in [3.63, 3.8) is 0 Å². The quantitative estimate of drug-likeness (QED) is 0.329. The molecule has 3 aromatic heterocycles. The van der Waals surface area contributed by atoms with Gasteiger partial charge in [-0.3, -0.25) is 0 Å². The second kappa shape index (κ2) is 8.24. The maximum absolute atomic E-state index is 6.03. The zero-order valence-electron chi connectivity index (χ0n) is 18.0. The number of nitrogens with zero attached hydrogens (tertiary/aromatic N) is 4. The van der Waals surface area contributed by atoms with Crippen LogP contribution in [-0.4, -0.2) is 45.1 Å². The van der Waals surface area contributed by atoms with Gasteiger partial charge in [-0.25, -0.2) is 0 Å². The maximum atomic E-state index is 6.03. The maximum Gasteiger partial charge on any atom is 0.233 e. The number of fused-ring (bicyclic) bond motifs is 2. The number of rotatable bonds is 7. The van der Waals surface area contributed by atoms with Gasteiger partial charge in [-0.2, -0.15) is 9.97 Å². The van der Waals surface area contributed by atoms with Gasteiger partial charge in [-0.1, -0.05) is 6.07 Å². The largest absolute Gasteiger partial charge is 0.438 e. The summed E-state index contributed by atoms with van der Waals surface area (Å²) in [7, 11) is 4.17. The van der Waals surface area contributed by atoms with E-state index >= 15 is 0 Å². The number of aromatic nitrogens is 4. The minimum atomic E-state index is 0.449. The molecule has 162 valence electrons. The smallest absolute Gasteiger partial charge is 0.233 e.